The fourth-order valence-electron chi connectivity index (χ4n) is 4.21. The van der Waals surface area contributed by atoms with Gasteiger partial charge in [-0.2, -0.15) is 0 Å². The Balaban J connectivity index is 1.67. The van der Waals surface area contributed by atoms with Gasteiger partial charge in [0.1, 0.15) is 11.5 Å². The lowest BCUT2D eigenvalue weighted by molar-refractivity contribution is -0.131. The first-order valence-electron chi connectivity index (χ1n) is 11.2. The second-order valence-corrected chi connectivity index (χ2v) is 8.44. The third-order valence-corrected chi connectivity index (χ3v) is 5.93. The number of benzene rings is 1. The lowest BCUT2D eigenvalue weighted by atomic mass is 10.0. The van der Waals surface area contributed by atoms with Crippen LogP contribution >= 0.6 is 0 Å². The predicted octanol–water partition coefficient (Wildman–Crippen LogP) is 2.64. The van der Waals surface area contributed by atoms with Crippen molar-refractivity contribution in [3.63, 3.8) is 0 Å². The number of nitrogens with zero attached hydrogens (tertiary/aromatic N) is 4. The van der Waals surface area contributed by atoms with E-state index in [1.165, 1.54) is 4.68 Å². The van der Waals surface area contributed by atoms with Crippen molar-refractivity contribution in [2.75, 3.05) is 17.7 Å². The van der Waals surface area contributed by atoms with E-state index in [0.29, 0.717) is 47.0 Å². The molecule has 1 aliphatic rings. The number of nitrogens with one attached hydrogen (secondary N) is 1. The average Bonchev–Trinajstić information content (AvgIpc) is 3.21. The molecule has 10 nitrogen and oxygen atoms in total. The van der Waals surface area contributed by atoms with Crippen LogP contribution in [0.25, 0.3) is 11.3 Å². The maximum Gasteiger partial charge on any atom is 0.269 e. The number of pyridine rings is 1. The first-order valence-corrected chi connectivity index (χ1v) is 11.2. The number of rotatable bonds is 6. The molecule has 3 amide bonds. The molecule has 3 heterocycles. The molecule has 180 valence electrons. The third-order valence-electron chi connectivity index (χ3n) is 5.93. The molecule has 0 spiro atoms. The van der Waals surface area contributed by atoms with Crippen molar-refractivity contribution in [1.82, 2.24) is 19.5 Å². The highest BCUT2D eigenvalue weighted by molar-refractivity contribution is 6.04. The summed E-state index contributed by atoms with van der Waals surface area (Å²) in [6.07, 6.45) is 3.98. The Hall–Kier alpha value is -4.47. The van der Waals surface area contributed by atoms with Gasteiger partial charge in [-0.1, -0.05) is 24.8 Å². The van der Waals surface area contributed by atoms with Gasteiger partial charge in [0.2, 0.25) is 5.91 Å². The van der Waals surface area contributed by atoms with Gasteiger partial charge in [0, 0.05) is 29.4 Å². The predicted molar refractivity (Wildman–Crippen MR) is 132 cm³/mol. The zero-order chi connectivity index (χ0) is 25.1. The highest BCUT2D eigenvalue weighted by Crippen LogP contribution is 2.34. The molecule has 35 heavy (non-hydrogen) atoms. The quantitative estimate of drug-likeness (QED) is 0.370. The van der Waals surface area contributed by atoms with E-state index in [0.717, 1.165) is 12.8 Å². The van der Waals surface area contributed by atoms with Crippen LogP contribution in [0.2, 0.25) is 0 Å². The van der Waals surface area contributed by atoms with Crippen molar-refractivity contribution in [2.24, 2.45) is 5.73 Å². The maximum atomic E-state index is 12.7. The van der Waals surface area contributed by atoms with Crippen LogP contribution in [0.5, 0.6) is 0 Å². The summed E-state index contributed by atoms with van der Waals surface area (Å²) in [5.41, 5.74) is 7.36. The third kappa shape index (κ3) is 4.77. The summed E-state index contributed by atoms with van der Waals surface area (Å²) in [6.45, 7) is 5.98. The molecule has 3 aromatic rings. The molecule has 1 aromatic carbocycles. The van der Waals surface area contributed by atoms with Gasteiger partial charge in [-0.15, -0.1) is 0 Å². The minimum atomic E-state index is -0.744. The smallest absolute Gasteiger partial charge is 0.269 e. The summed E-state index contributed by atoms with van der Waals surface area (Å²) in [5, 5.41) is 2.72. The Labute approximate surface area is 202 Å². The second-order valence-electron chi connectivity index (χ2n) is 8.44. The number of nitrogen functional groups attached to an aromatic ring is 1. The SMILES string of the molecule is C=C(C)C(=O)N1CCCCC1c1nc(-c2ccc(C(=O)Nc3ccccn3)cc2)c(C(N)=O)n1N. The van der Waals surface area contributed by atoms with Crippen LogP contribution in [-0.2, 0) is 4.79 Å². The number of hydrogen-bond donors (Lipinski definition) is 3. The maximum absolute atomic E-state index is 12.7. The molecule has 10 heteroatoms. The normalized spacial score (nSPS) is 15.5. The van der Waals surface area contributed by atoms with Crippen LogP contribution in [-0.4, -0.2) is 43.8 Å². The van der Waals surface area contributed by atoms with Gasteiger partial charge in [-0.3, -0.25) is 14.4 Å². The molecule has 0 saturated carbocycles. The van der Waals surface area contributed by atoms with Gasteiger partial charge < -0.3 is 21.8 Å². The fraction of sp³-hybridized carbons (Fsp3) is 0.240. The molecule has 5 N–H and O–H groups in total. The van der Waals surface area contributed by atoms with E-state index < -0.39 is 11.9 Å². The molecule has 0 bridgehead atoms. The Morgan fingerprint density at radius 1 is 1.11 bits per heavy atom. The highest BCUT2D eigenvalue weighted by atomic mass is 16.2. The van der Waals surface area contributed by atoms with E-state index >= 15 is 0 Å². The molecule has 1 fully saturated rings. The number of primary amides is 1. The summed E-state index contributed by atoms with van der Waals surface area (Å²) in [6, 6.07) is 11.4. The molecular weight excluding hydrogens is 446 g/mol. The van der Waals surface area contributed by atoms with Crippen LogP contribution in [0.1, 0.15) is 58.9 Å². The van der Waals surface area contributed by atoms with Gasteiger partial charge in [0.25, 0.3) is 11.8 Å². The molecule has 1 unspecified atom stereocenters. The second kappa shape index (κ2) is 9.80. The summed E-state index contributed by atoms with van der Waals surface area (Å²) < 4.78 is 1.17. The number of imidazole rings is 1. The zero-order valence-electron chi connectivity index (χ0n) is 19.4. The minimum Gasteiger partial charge on any atom is -0.364 e. The highest BCUT2D eigenvalue weighted by Gasteiger charge is 2.34. The first kappa shape index (κ1) is 23.7. The molecule has 1 atom stereocenters. The number of anilines is 1. The summed E-state index contributed by atoms with van der Waals surface area (Å²) in [5.74, 6) is 5.86. The van der Waals surface area contributed by atoms with Crippen LogP contribution in [0, 0.1) is 0 Å². The van der Waals surface area contributed by atoms with Gasteiger partial charge in [0.05, 0.1) is 6.04 Å². The largest absolute Gasteiger partial charge is 0.364 e. The molecule has 1 aliphatic heterocycles. The van der Waals surface area contributed by atoms with Crippen molar-refractivity contribution in [1.29, 1.82) is 0 Å². The number of likely N-dealkylation sites (tertiary alicyclic amines) is 1. The summed E-state index contributed by atoms with van der Waals surface area (Å²) >= 11 is 0. The van der Waals surface area contributed by atoms with Gasteiger partial charge >= 0.3 is 0 Å². The Bertz CT molecular complexity index is 1280. The lowest BCUT2D eigenvalue weighted by Gasteiger charge is -2.35. The van der Waals surface area contributed by atoms with E-state index in [-0.39, 0.29) is 17.5 Å². The van der Waals surface area contributed by atoms with Crippen molar-refractivity contribution >= 4 is 23.5 Å². The van der Waals surface area contributed by atoms with Crippen molar-refractivity contribution in [2.45, 2.75) is 32.2 Å². The van der Waals surface area contributed by atoms with E-state index in [4.69, 9.17) is 11.6 Å². The topological polar surface area (TPSA) is 149 Å². The fourth-order valence-corrected chi connectivity index (χ4v) is 4.21. The Morgan fingerprint density at radius 3 is 2.49 bits per heavy atom. The van der Waals surface area contributed by atoms with Crippen LogP contribution in [0.3, 0.4) is 0 Å². The van der Waals surface area contributed by atoms with E-state index in [2.05, 4.69) is 21.9 Å². The zero-order valence-corrected chi connectivity index (χ0v) is 19.4. The molecule has 1 saturated heterocycles. The summed E-state index contributed by atoms with van der Waals surface area (Å²) in [4.78, 5) is 48.0. The van der Waals surface area contributed by atoms with Crippen molar-refractivity contribution < 1.29 is 14.4 Å². The molecule has 0 aliphatic carbocycles. The minimum absolute atomic E-state index is 0.0268. The van der Waals surface area contributed by atoms with E-state index in [9.17, 15) is 14.4 Å². The van der Waals surface area contributed by atoms with E-state index in [1.807, 2.05) is 0 Å². The van der Waals surface area contributed by atoms with Gasteiger partial charge in [0.15, 0.2) is 11.5 Å². The summed E-state index contributed by atoms with van der Waals surface area (Å²) in [7, 11) is 0. The van der Waals surface area contributed by atoms with Crippen molar-refractivity contribution in [3.8, 4) is 11.3 Å². The lowest BCUT2D eigenvalue weighted by Crippen LogP contribution is -2.41. The number of carbonyl (C=O) groups excluding carboxylic acids is 3. The standard InChI is InChI=1S/C25H27N7O3/c1-15(2)25(35)31-14-6-4-7-18(31)23-30-20(21(22(26)33)32(23)27)16-9-11-17(12-10-16)24(34)29-19-8-3-5-13-28-19/h3,5,8-13,18H,1,4,6-7,14,27H2,2H3,(H2,26,33)(H,28,29,34). The molecule has 4 rings (SSSR count). The number of piperidine rings is 1. The average molecular weight is 474 g/mol. The van der Waals surface area contributed by atoms with Crippen LogP contribution in [0.15, 0.2) is 60.8 Å². The molecule has 0 radical (unpaired) electrons. The number of hydrogen-bond acceptors (Lipinski definition) is 6. The number of carbonyl (C=O) groups is 3. The monoisotopic (exact) mass is 473 g/mol. The first-order chi connectivity index (χ1) is 16.8. The Morgan fingerprint density at radius 2 is 1.86 bits per heavy atom. The van der Waals surface area contributed by atoms with Crippen LogP contribution in [0.4, 0.5) is 5.82 Å². The Kier molecular flexibility index (Phi) is 6.63. The van der Waals surface area contributed by atoms with Gasteiger partial charge in [-0.05, 0) is 50.5 Å². The van der Waals surface area contributed by atoms with Gasteiger partial charge in [-0.25, -0.2) is 14.6 Å². The van der Waals surface area contributed by atoms with Crippen molar-refractivity contribution in [3.05, 3.63) is 77.9 Å². The number of nitrogens with two attached hydrogens (primary N) is 2. The number of aromatic nitrogens is 3. The van der Waals surface area contributed by atoms with E-state index in [1.54, 1.807) is 60.5 Å². The number of amides is 3. The molecule has 2 aromatic heterocycles. The molecular formula is C25H27N7O3. The van der Waals surface area contributed by atoms with Crippen LogP contribution < -0.4 is 16.9 Å².